The predicted molar refractivity (Wildman–Crippen MR) is 122 cm³/mol. The number of nitrogens with zero attached hydrogens (tertiary/aromatic N) is 1. The van der Waals surface area contributed by atoms with Crippen molar-refractivity contribution in [2.75, 3.05) is 30.3 Å². The molecule has 0 spiro atoms. The maximum Gasteiger partial charge on any atom is 0.238 e. The topological polar surface area (TPSA) is 81.7 Å². The van der Waals surface area contributed by atoms with Gasteiger partial charge in [-0.1, -0.05) is 43.3 Å². The van der Waals surface area contributed by atoms with E-state index in [0.29, 0.717) is 6.42 Å². The normalized spacial score (nSPS) is 12.0. The number of para-hydroxylation sites is 2. The van der Waals surface area contributed by atoms with Gasteiger partial charge < -0.3 is 15.7 Å². The summed E-state index contributed by atoms with van der Waals surface area (Å²) >= 11 is 0. The fourth-order valence-electron chi connectivity index (χ4n) is 3.57. The first kappa shape index (κ1) is 23.6. The molecule has 6 heteroatoms. The number of hydrogen-bond donors (Lipinski definition) is 3. The van der Waals surface area contributed by atoms with E-state index in [0.717, 1.165) is 33.6 Å². The maximum absolute atomic E-state index is 12.7. The number of rotatable bonds is 9. The molecule has 0 unspecified atom stereocenters. The standard InChI is InChI=1S/C24H33N3O3/c1-6-20(15-28)27(13-21(29)25-23-16(2)9-7-10-17(23)3)14-22(30)26-24-18(4)11-8-12-19(24)5/h7-12,20,28H,6,13-15H2,1-5H3,(H,25,29)(H,26,30)/t20-/m1/s1. The Morgan fingerprint density at radius 2 is 1.20 bits per heavy atom. The smallest absolute Gasteiger partial charge is 0.238 e. The van der Waals surface area contributed by atoms with Crippen LogP contribution >= 0.6 is 0 Å². The van der Waals surface area contributed by atoms with E-state index in [4.69, 9.17) is 0 Å². The van der Waals surface area contributed by atoms with Crippen molar-refractivity contribution in [3.63, 3.8) is 0 Å². The first-order valence-electron chi connectivity index (χ1n) is 10.3. The highest BCUT2D eigenvalue weighted by Gasteiger charge is 2.23. The highest BCUT2D eigenvalue weighted by molar-refractivity contribution is 5.96. The number of hydrogen-bond acceptors (Lipinski definition) is 4. The van der Waals surface area contributed by atoms with E-state index in [9.17, 15) is 14.7 Å². The first-order valence-corrected chi connectivity index (χ1v) is 10.3. The monoisotopic (exact) mass is 411 g/mol. The molecular weight excluding hydrogens is 378 g/mol. The second-order valence-electron chi connectivity index (χ2n) is 7.78. The Hall–Kier alpha value is -2.70. The van der Waals surface area contributed by atoms with Crippen LogP contribution in [-0.4, -0.2) is 47.6 Å². The van der Waals surface area contributed by atoms with E-state index >= 15 is 0 Å². The number of aliphatic hydroxyl groups excluding tert-OH is 1. The molecule has 0 aromatic heterocycles. The molecule has 2 aromatic rings. The number of carbonyl (C=O) groups excluding carboxylic acids is 2. The molecule has 0 saturated carbocycles. The number of amides is 2. The van der Waals surface area contributed by atoms with Crippen LogP contribution < -0.4 is 10.6 Å². The highest BCUT2D eigenvalue weighted by Crippen LogP contribution is 2.21. The third kappa shape index (κ3) is 6.15. The van der Waals surface area contributed by atoms with Gasteiger partial charge in [-0.25, -0.2) is 0 Å². The Morgan fingerprint density at radius 3 is 1.50 bits per heavy atom. The van der Waals surface area contributed by atoms with Crippen molar-refractivity contribution in [2.24, 2.45) is 0 Å². The van der Waals surface area contributed by atoms with Gasteiger partial charge in [0.2, 0.25) is 11.8 Å². The number of benzene rings is 2. The lowest BCUT2D eigenvalue weighted by molar-refractivity contribution is -0.121. The van der Waals surface area contributed by atoms with Gasteiger partial charge >= 0.3 is 0 Å². The summed E-state index contributed by atoms with van der Waals surface area (Å²) in [6, 6.07) is 11.4. The minimum Gasteiger partial charge on any atom is -0.395 e. The largest absolute Gasteiger partial charge is 0.395 e. The molecule has 0 radical (unpaired) electrons. The van der Waals surface area contributed by atoms with Gasteiger partial charge in [-0.15, -0.1) is 0 Å². The summed E-state index contributed by atoms with van der Waals surface area (Å²) in [4.78, 5) is 27.2. The SMILES string of the molecule is CC[C@H](CO)N(CC(=O)Nc1c(C)cccc1C)CC(=O)Nc1c(C)cccc1C. The molecule has 2 rings (SSSR count). The number of aliphatic hydroxyl groups is 1. The minimum atomic E-state index is -0.280. The number of carbonyl (C=O) groups is 2. The van der Waals surface area contributed by atoms with Gasteiger partial charge in [0.25, 0.3) is 0 Å². The van der Waals surface area contributed by atoms with Gasteiger partial charge in [-0.3, -0.25) is 14.5 Å². The summed E-state index contributed by atoms with van der Waals surface area (Å²) < 4.78 is 0. The zero-order valence-corrected chi connectivity index (χ0v) is 18.6. The zero-order chi connectivity index (χ0) is 22.3. The fraction of sp³-hybridized carbons (Fsp3) is 0.417. The second kappa shape index (κ2) is 10.9. The molecule has 0 aliphatic rings. The van der Waals surface area contributed by atoms with Crippen molar-refractivity contribution >= 4 is 23.2 Å². The van der Waals surface area contributed by atoms with E-state index in [1.165, 1.54) is 0 Å². The van der Waals surface area contributed by atoms with Crippen LogP contribution in [0.5, 0.6) is 0 Å². The average Bonchev–Trinajstić information content (AvgIpc) is 2.68. The Morgan fingerprint density at radius 1 is 0.833 bits per heavy atom. The minimum absolute atomic E-state index is 0.0208. The van der Waals surface area contributed by atoms with Crippen LogP contribution in [0, 0.1) is 27.7 Å². The van der Waals surface area contributed by atoms with E-state index < -0.39 is 0 Å². The van der Waals surface area contributed by atoms with E-state index in [-0.39, 0.29) is 37.6 Å². The van der Waals surface area contributed by atoms with Crippen molar-refractivity contribution in [2.45, 2.75) is 47.1 Å². The molecule has 162 valence electrons. The Balaban J connectivity index is 2.12. The maximum atomic E-state index is 12.7. The van der Waals surface area contributed by atoms with Crippen molar-refractivity contribution in [1.82, 2.24) is 4.90 Å². The summed E-state index contributed by atoms with van der Waals surface area (Å²) in [6.45, 7) is 9.63. The van der Waals surface area contributed by atoms with E-state index in [1.54, 1.807) is 4.90 Å². The molecule has 0 aliphatic carbocycles. The highest BCUT2D eigenvalue weighted by atomic mass is 16.3. The molecule has 0 bridgehead atoms. The molecule has 2 amide bonds. The van der Waals surface area contributed by atoms with Crippen molar-refractivity contribution in [3.8, 4) is 0 Å². The third-order valence-electron chi connectivity index (χ3n) is 5.38. The van der Waals surface area contributed by atoms with Gasteiger partial charge in [-0.2, -0.15) is 0 Å². The van der Waals surface area contributed by atoms with Crippen molar-refractivity contribution < 1.29 is 14.7 Å². The fourth-order valence-corrected chi connectivity index (χ4v) is 3.57. The van der Waals surface area contributed by atoms with Crippen LogP contribution in [0.1, 0.15) is 35.6 Å². The van der Waals surface area contributed by atoms with Crippen LogP contribution in [0.3, 0.4) is 0 Å². The summed E-state index contributed by atoms with van der Waals surface area (Å²) in [6.07, 6.45) is 0.629. The number of anilines is 2. The number of nitrogens with one attached hydrogen (secondary N) is 2. The van der Waals surface area contributed by atoms with Gasteiger partial charge in [0.05, 0.1) is 19.7 Å². The second-order valence-corrected chi connectivity index (χ2v) is 7.78. The Bertz CT molecular complexity index is 783. The molecule has 0 aliphatic heterocycles. The molecule has 0 heterocycles. The lowest BCUT2D eigenvalue weighted by Gasteiger charge is -2.29. The van der Waals surface area contributed by atoms with Gasteiger partial charge in [0.1, 0.15) is 0 Å². The first-order chi connectivity index (χ1) is 14.3. The molecule has 6 nitrogen and oxygen atoms in total. The summed E-state index contributed by atoms with van der Waals surface area (Å²) in [5, 5.41) is 15.7. The Labute approximate surface area is 179 Å². The lowest BCUT2D eigenvalue weighted by atomic mass is 10.1. The van der Waals surface area contributed by atoms with Gasteiger partial charge in [0, 0.05) is 17.4 Å². The van der Waals surface area contributed by atoms with Crippen LogP contribution in [0.25, 0.3) is 0 Å². The summed E-state index contributed by atoms with van der Waals surface area (Å²) in [7, 11) is 0. The lowest BCUT2D eigenvalue weighted by Crippen LogP contribution is -2.46. The third-order valence-corrected chi connectivity index (χ3v) is 5.38. The van der Waals surface area contributed by atoms with Gasteiger partial charge in [0.15, 0.2) is 0 Å². The molecule has 3 N–H and O–H groups in total. The van der Waals surface area contributed by atoms with E-state index in [1.807, 2.05) is 71.0 Å². The summed E-state index contributed by atoms with van der Waals surface area (Å²) in [5.41, 5.74) is 5.52. The average molecular weight is 412 g/mol. The predicted octanol–water partition coefficient (Wildman–Crippen LogP) is 3.57. The zero-order valence-electron chi connectivity index (χ0n) is 18.6. The molecule has 0 saturated heterocycles. The van der Waals surface area contributed by atoms with Crippen molar-refractivity contribution in [1.29, 1.82) is 0 Å². The van der Waals surface area contributed by atoms with Gasteiger partial charge in [-0.05, 0) is 56.4 Å². The molecular formula is C24H33N3O3. The van der Waals surface area contributed by atoms with E-state index in [2.05, 4.69) is 10.6 Å². The molecule has 30 heavy (non-hydrogen) atoms. The molecule has 1 atom stereocenters. The van der Waals surface area contributed by atoms with Crippen LogP contribution in [0.4, 0.5) is 11.4 Å². The molecule has 0 fully saturated rings. The molecule has 2 aromatic carbocycles. The van der Waals surface area contributed by atoms with Crippen LogP contribution in [0.2, 0.25) is 0 Å². The number of aryl methyl sites for hydroxylation is 4. The Kier molecular flexibility index (Phi) is 8.57. The quantitative estimate of drug-likeness (QED) is 0.589. The summed E-state index contributed by atoms with van der Waals surface area (Å²) in [5.74, 6) is -0.418. The van der Waals surface area contributed by atoms with Crippen LogP contribution in [0.15, 0.2) is 36.4 Å². The van der Waals surface area contributed by atoms with Crippen molar-refractivity contribution in [3.05, 3.63) is 58.7 Å². The van der Waals surface area contributed by atoms with Crippen LogP contribution in [-0.2, 0) is 9.59 Å².